The van der Waals surface area contributed by atoms with Crippen molar-refractivity contribution in [2.45, 2.75) is 6.17 Å². The molecule has 0 N–H and O–H groups in total. The van der Waals surface area contributed by atoms with Gasteiger partial charge >= 0.3 is 0 Å². The summed E-state index contributed by atoms with van der Waals surface area (Å²) in [6, 6.07) is 5.06. The maximum atomic E-state index is 13.6. The lowest BCUT2D eigenvalue weighted by Gasteiger charge is -2.44. The minimum Gasteiger partial charge on any atom is -0.442 e. The molecule has 0 saturated carbocycles. The zero-order valence-electron chi connectivity index (χ0n) is 19.2. The van der Waals surface area contributed by atoms with E-state index in [4.69, 9.17) is 4.42 Å². The Morgan fingerprint density at radius 1 is 0.971 bits per heavy atom. The summed E-state index contributed by atoms with van der Waals surface area (Å²) in [6.45, 7) is 1.93. The van der Waals surface area contributed by atoms with Crippen LogP contribution in [0.3, 0.4) is 0 Å². The molecule has 5 rings (SSSR count). The molecule has 0 aliphatic carbocycles. The third kappa shape index (κ3) is 5.07. The van der Waals surface area contributed by atoms with E-state index in [9.17, 15) is 4.39 Å². The average molecular weight is 472 g/mol. The van der Waals surface area contributed by atoms with Crippen LogP contribution in [0.25, 0.3) is 11.5 Å². The van der Waals surface area contributed by atoms with Crippen LogP contribution in [0.2, 0.25) is 0 Å². The number of rotatable bonds is 4. The summed E-state index contributed by atoms with van der Waals surface area (Å²) in [5.41, 5.74) is 2.16. The van der Waals surface area contributed by atoms with Gasteiger partial charge in [0.15, 0.2) is 12.2 Å². The number of piperazine rings is 1. The van der Waals surface area contributed by atoms with Crippen molar-refractivity contribution in [2.75, 3.05) is 43.5 Å². The zero-order chi connectivity index (χ0) is 24.2. The van der Waals surface area contributed by atoms with E-state index in [1.54, 1.807) is 24.8 Å². The smallest absolute Gasteiger partial charge is 0.226 e. The molecule has 4 aromatic heterocycles. The van der Waals surface area contributed by atoms with Crippen molar-refractivity contribution in [3.8, 4) is 23.3 Å². The number of halogens is 1. The molecule has 10 nitrogen and oxygen atoms in total. The summed E-state index contributed by atoms with van der Waals surface area (Å²) >= 11 is 0. The number of hydrogen-bond donors (Lipinski definition) is 0. The van der Waals surface area contributed by atoms with Crippen molar-refractivity contribution in [1.29, 1.82) is 0 Å². The molecule has 4 aromatic rings. The predicted octanol–water partition coefficient (Wildman–Crippen LogP) is 2.07. The normalized spacial score (nSPS) is 15.7. The van der Waals surface area contributed by atoms with Crippen LogP contribution in [0, 0.1) is 17.8 Å². The summed E-state index contributed by atoms with van der Waals surface area (Å²) in [6.07, 6.45) is 9.32. The first-order chi connectivity index (χ1) is 17.1. The average Bonchev–Trinajstić information content (AvgIpc) is 3.43. The molecule has 176 valence electrons. The molecular weight excluding hydrogens is 449 g/mol. The standard InChI is InChI=1S/C24H22FN9O/c1-32(2)23-14-33(22-9-21(25)30-15-31-22)7-8-34(23)24-28-11-18(12-29-24)4-3-17-5-6-19(27-10-17)20-13-26-16-35-20/h5-6,9-13,15-16,23H,7-8,14H2,1-2H3. The number of pyridine rings is 1. The molecule has 1 aliphatic heterocycles. The topological polar surface area (TPSA) is 100 Å². The molecule has 1 aliphatic rings. The van der Waals surface area contributed by atoms with E-state index in [-0.39, 0.29) is 6.17 Å². The van der Waals surface area contributed by atoms with Crippen LogP contribution >= 0.6 is 0 Å². The highest BCUT2D eigenvalue weighted by Crippen LogP contribution is 2.22. The van der Waals surface area contributed by atoms with Gasteiger partial charge < -0.3 is 14.2 Å². The molecule has 0 aromatic carbocycles. The summed E-state index contributed by atoms with van der Waals surface area (Å²) < 4.78 is 18.8. The Labute approximate surface area is 201 Å². The Hall–Kier alpha value is -4.43. The van der Waals surface area contributed by atoms with E-state index in [1.165, 1.54) is 18.8 Å². The Balaban J connectivity index is 1.28. The zero-order valence-corrected chi connectivity index (χ0v) is 19.2. The molecule has 1 unspecified atom stereocenters. The number of likely N-dealkylation sites (N-methyl/N-ethyl adjacent to an activating group) is 1. The number of oxazole rings is 1. The van der Waals surface area contributed by atoms with Crippen molar-refractivity contribution >= 4 is 11.8 Å². The Morgan fingerprint density at radius 3 is 2.46 bits per heavy atom. The van der Waals surface area contributed by atoms with Gasteiger partial charge in [0, 0.05) is 43.3 Å². The molecule has 0 radical (unpaired) electrons. The van der Waals surface area contributed by atoms with E-state index < -0.39 is 5.95 Å². The summed E-state index contributed by atoms with van der Waals surface area (Å²) in [5.74, 6) is 7.40. The second kappa shape index (κ2) is 9.82. The monoisotopic (exact) mass is 471 g/mol. The van der Waals surface area contributed by atoms with Gasteiger partial charge in [-0.05, 0) is 26.2 Å². The Morgan fingerprint density at radius 2 is 1.77 bits per heavy atom. The van der Waals surface area contributed by atoms with Crippen LogP contribution in [0.15, 0.2) is 60.1 Å². The van der Waals surface area contributed by atoms with Crippen molar-refractivity contribution in [3.05, 3.63) is 72.8 Å². The van der Waals surface area contributed by atoms with Gasteiger partial charge in [-0.15, -0.1) is 0 Å². The van der Waals surface area contributed by atoms with Crippen LogP contribution in [-0.2, 0) is 0 Å². The molecule has 1 atom stereocenters. The fourth-order valence-electron chi connectivity index (χ4n) is 3.78. The molecule has 11 heteroatoms. The second-order valence-electron chi connectivity index (χ2n) is 8.10. The van der Waals surface area contributed by atoms with Crippen LogP contribution in [0.1, 0.15) is 11.1 Å². The Bertz CT molecular complexity index is 1330. The Kier molecular flexibility index (Phi) is 6.28. The molecular formula is C24H22FN9O. The number of nitrogens with zero attached hydrogens (tertiary/aromatic N) is 9. The third-order valence-corrected chi connectivity index (χ3v) is 5.59. The van der Waals surface area contributed by atoms with Gasteiger partial charge in [-0.25, -0.2) is 24.9 Å². The largest absolute Gasteiger partial charge is 0.442 e. The van der Waals surface area contributed by atoms with Crippen molar-refractivity contribution in [2.24, 2.45) is 0 Å². The number of hydrogen-bond acceptors (Lipinski definition) is 10. The summed E-state index contributed by atoms with van der Waals surface area (Å²) in [7, 11) is 3.98. The number of anilines is 2. The van der Waals surface area contributed by atoms with E-state index in [2.05, 4.69) is 51.5 Å². The molecule has 5 heterocycles. The van der Waals surface area contributed by atoms with E-state index >= 15 is 0 Å². The van der Waals surface area contributed by atoms with Crippen LogP contribution < -0.4 is 9.80 Å². The summed E-state index contributed by atoms with van der Waals surface area (Å²) in [4.78, 5) is 31.3. The lowest BCUT2D eigenvalue weighted by molar-refractivity contribution is 0.265. The quantitative estimate of drug-likeness (QED) is 0.325. The lowest BCUT2D eigenvalue weighted by atomic mass is 10.2. The van der Waals surface area contributed by atoms with Crippen molar-refractivity contribution in [3.63, 3.8) is 0 Å². The first kappa shape index (κ1) is 22.4. The highest BCUT2D eigenvalue weighted by atomic mass is 19.1. The fourth-order valence-corrected chi connectivity index (χ4v) is 3.78. The molecule has 0 spiro atoms. The molecule has 1 fully saturated rings. The van der Waals surface area contributed by atoms with Gasteiger partial charge in [-0.3, -0.25) is 9.88 Å². The van der Waals surface area contributed by atoms with Crippen LogP contribution in [0.4, 0.5) is 16.2 Å². The molecule has 0 bridgehead atoms. The van der Waals surface area contributed by atoms with Crippen LogP contribution in [0.5, 0.6) is 0 Å². The maximum Gasteiger partial charge on any atom is 0.226 e. The van der Waals surface area contributed by atoms with E-state index in [0.717, 1.165) is 5.56 Å². The van der Waals surface area contributed by atoms with Crippen molar-refractivity contribution < 1.29 is 8.81 Å². The molecule has 0 amide bonds. The van der Waals surface area contributed by atoms with Crippen molar-refractivity contribution in [1.82, 2.24) is 34.8 Å². The van der Waals surface area contributed by atoms with E-state index in [0.29, 0.717) is 48.4 Å². The third-order valence-electron chi connectivity index (χ3n) is 5.59. The second-order valence-corrected chi connectivity index (χ2v) is 8.10. The van der Waals surface area contributed by atoms with Gasteiger partial charge in [0.2, 0.25) is 11.9 Å². The predicted molar refractivity (Wildman–Crippen MR) is 127 cm³/mol. The minimum atomic E-state index is -0.541. The van der Waals surface area contributed by atoms with Gasteiger partial charge in [-0.1, -0.05) is 11.8 Å². The highest BCUT2D eigenvalue weighted by Gasteiger charge is 2.31. The van der Waals surface area contributed by atoms with Crippen LogP contribution in [-0.4, -0.2) is 74.7 Å². The van der Waals surface area contributed by atoms with E-state index in [1.807, 2.05) is 31.1 Å². The van der Waals surface area contributed by atoms with Gasteiger partial charge in [0.1, 0.15) is 24.0 Å². The SMILES string of the molecule is CN(C)C1CN(c2cc(F)ncn2)CCN1c1ncc(C#Cc2ccc(-c3cnco3)nc2)cn1. The lowest BCUT2D eigenvalue weighted by Crippen LogP contribution is -2.59. The van der Waals surface area contributed by atoms with Gasteiger partial charge in [-0.2, -0.15) is 4.39 Å². The highest BCUT2D eigenvalue weighted by molar-refractivity contribution is 5.52. The first-order valence-corrected chi connectivity index (χ1v) is 10.9. The maximum absolute atomic E-state index is 13.6. The summed E-state index contributed by atoms with van der Waals surface area (Å²) in [5, 5.41) is 0. The molecule has 35 heavy (non-hydrogen) atoms. The van der Waals surface area contributed by atoms with Gasteiger partial charge in [0.25, 0.3) is 0 Å². The fraction of sp³-hybridized carbons (Fsp3) is 0.250. The van der Waals surface area contributed by atoms with Gasteiger partial charge in [0.05, 0.1) is 18.3 Å². The first-order valence-electron chi connectivity index (χ1n) is 10.9. The minimum absolute atomic E-state index is 0.0207. The number of aromatic nitrogens is 6. The molecule has 1 saturated heterocycles.